The second kappa shape index (κ2) is 6.17. The lowest BCUT2D eigenvalue weighted by atomic mass is 10.1. The van der Waals surface area contributed by atoms with Crippen LogP contribution in [0.25, 0.3) is 0 Å². The molecule has 7 heteroatoms. The molecule has 0 fully saturated rings. The number of rotatable bonds is 3. The highest BCUT2D eigenvalue weighted by atomic mass is 32.2. The molecule has 0 aliphatic heterocycles. The number of halogens is 4. The maximum absolute atomic E-state index is 13.5. The van der Waals surface area contributed by atoms with E-state index in [-0.39, 0.29) is 0 Å². The summed E-state index contributed by atoms with van der Waals surface area (Å²) in [5, 5.41) is 2.30. The molecule has 2 aromatic rings. The summed E-state index contributed by atoms with van der Waals surface area (Å²) in [6, 6.07) is 6.91. The fourth-order valence-electron chi connectivity index (χ4n) is 1.64. The van der Waals surface area contributed by atoms with Gasteiger partial charge in [-0.15, -0.1) is 11.8 Å². The molecule has 0 atom stereocenters. The second-order valence-electron chi connectivity index (χ2n) is 4.03. The summed E-state index contributed by atoms with van der Waals surface area (Å²) >= 11 is 1.42. The highest BCUT2D eigenvalue weighted by Gasteiger charge is 2.23. The smallest absolute Gasteiger partial charge is 0.258 e. The molecule has 21 heavy (non-hydrogen) atoms. The van der Waals surface area contributed by atoms with Gasteiger partial charge in [0.1, 0.15) is 0 Å². The summed E-state index contributed by atoms with van der Waals surface area (Å²) in [5.41, 5.74) is -0.572. The summed E-state index contributed by atoms with van der Waals surface area (Å²) in [6.07, 6.45) is 1.82. The molecule has 1 N–H and O–H groups in total. The lowest BCUT2D eigenvalue weighted by Gasteiger charge is -2.08. The SMILES string of the molecule is CSc1cccc(NC(=O)c2cc(F)c(F)c(F)c2F)c1. The van der Waals surface area contributed by atoms with E-state index in [4.69, 9.17) is 0 Å². The monoisotopic (exact) mass is 315 g/mol. The number of anilines is 1. The average Bonchev–Trinajstić information content (AvgIpc) is 2.48. The summed E-state index contributed by atoms with van der Waals surface area (Å²) in [4.78, 5) is 12.7. The van der Waals surface area contributed by atoms with Crippen LogP contribution in [0.15, 0.2) is 35.2 Å². The zero-order valence-electron chi connectivity index (χ0n) is 10.7. The minimum atomic E-state index is -2.02. The van der Waals surface area contributed by atoms with Gasteiger partial charge in [-0.05, 0) is 30.5 Å². The van der Waals surface area contributed by atoms with E-state index in [0.29, 0.717) is 11.8 Å². The highest BCUT2D eigenvalue weighted by Crippen LogP contribution is 2.22. The Kier molecular flexibility index (Phi) is 4.52. The molecule has 0 bridgehead atoms. The maximum atomic E-state index is 13.5. The molecule has 0 aromatic heterocycles. The third-order valence-electron chi connectivity index (χ3n) is 2.67. The van der Waals surface area contributed by atoms with E-state index in [2.05, 4.69) is 5.32 Å². The van der Waals surface area contributed by atoms with Gasteiger partial charge in [-0.1, -0.05) is 6.07 Å². The molecule has 0 radical (unpaired) electrons. The van der Waals surface area contributed by atoms with Gasteiger partial charge < -0.3 is 5.32 Å². The van der Waals surface area contributed by atoms with Crippen LogP contribution in [0.3, 0.4) is 0 Å². The molecule has 0 saturated carbocycles. The van der Waals surface area contributed by atoms with Crippen molar-refractivity contribution >= 4 is 23.4 Å². The minimum Gasteiger partial charge on any atom is -0.322 e. The molecule has 2 nitrogen and oxygen atoms in total. The maximum Gasteiger partial charge on any atom is 0.258 e. The van der Waals surface area contributed by atoms with Crippen molar-refractivity contribution < 1.29 is 22.4 Å². The topological polar surface area (TPSA) is 29.1 Å². The first kappa shape index (κ1) is 15.4. The van der Waals surface area contributed by atoms with E-state index in [1.54, 1.807) is 18.2 Å². The molecule has 110 valence electrons. The van der Waals surface area contributed by atoms with E-state index in [0.717, 1.165) is 4.90 Å². The number of hydrogen-bond acceptors (Lipinski definition) is 2. The minimum absolute atomic E-state index is 0.321. The quantitative estimate of drug-likeness (QED) is 0.398. The Bertz CT molecular complexity index is 706. The molecule has 0 saturated heterocycles. The zero-order valence-corrected chi connectivity index (χ0v) is 11.5. The molecule has 0 aliphatic carbocycles. The average molecular weight is 315 g/mol. The Balaban J connectivity index is 2.32. The van der Waals surface area contributed by atoms with Gasteiger partial charge in [-0.25, -0.2) is 17.6 Å². The van der Waals surface area contributed by atoms with Gasteiger partial charge in [0.2, 0.25) is 0 Å². The number of nitrogens with one attached hydrogen (secondary N) is 1. The molecular weight excluding hydrogens is 306 g/mol. The first-order chi connectivity index (χ1) is 9.93. The summed E-state index contributed by atoms with van der Waals surface area (Å²) in [7, 11) is 0. The molecule has 0 spiro atoms. The molecule has 0 unspecified atom stereocenters. The Morgan fingerprint density at radius 3 is 2.43 bits per heavy atom. The third-order valence-corrected chi connectivity index (χ3v) is 3.40. The van der Waals surface area contributed by atoms with Gasteiger partial charge in [0.15, 0.2) is 23.3 Å². The number of carbonyl (C=O) groups is 1. The molecule has 2 rings (SSSR count). The van der Waals surface area contributed by atoms with Crippen LogP contribution in [0.1, 0.15) is 10.4 Å². The van der Waals surface area contributed by atoms with E-state index in [1.807, 2.05) is 6.26 Å². The van der Waals surface area contributed by atoms with E-state index in [1.165, 1.54) is 17.8 Å². The van der Waals surface area contributed by atoms with E-state index >= 15 is 0 Å². The van der Waals surface area contributed by atoms with Gasteiger partial charge >= 0.3 is 0 Å². The van der Waals surface area contributed by atoms with Crippen LogP contribution in [-0.2, 0) is 0 Å². The van der Waals surface area contributed by atoms with Gasteiger partial charge in [-0.2, -0.15) is 0 Å². The first-order valence-corrected chi connectivity index (χ1v) is 6.95. The van der Waals surface area contributed by atoms with Crippen molar-refractivity contribution in [3.8, 4) is 0 Å². The highest BCUT2D eigenvalue weighted by molar-refractivity contribution is 7.98. The lowest BCUT2D eigenvalue weighted by molar-refractivity contribution is 0.102. The fourth-order valence-corrected chi connectivity index (χ4v) is 2.10. The van der Waals surface area contributed by atoms with Crippen molar-refractivity contribution in [3.63, 3.8) is 0 Å². The summed E-state index contributed by atoms with van der Waals surface area (Å²) in [6.45, 7) is 0. The van der Waals surface area contributed by atoms with Crippen LogP contribution in [0, 0.1) is 23.3 Å². The van der Waals surface area contributed by atoms with Crippen LogP contribution >= 0.6 is 11.8 Å². The van der Waals surface area contributed by atoms with E-state index < -0.39 is 34.7 Å². The van der Waals surface area contributed by atoms with Crippen LogP contribution in [0.2, 0.25) is 0 Å². The first-order valence-electron chi connectivity index (χ1n) is 5.72. The molecule has 0 aliphatic rings. The van der Waals surface area contributed by atoms with Crippen molar-refractivity contribution in [2.75, 3.05) is 11.6 Å². The second-order valence-corrected chi connectivity index (χ2v) is 4.91. The Morgan fingerprint density at radius 2 is 1.76 bits per heavy atom. The fraction of sp³-hybridized carbons (Fsp3) is 0.0714. The number of thioether (sulfide) groups is 1. The number of carbonyl (C=O) groups excluding carboxylic acids is 1. The van der Waals surface area contributed by atoms with Crippen LogP contribution in [0.5, 0.6) is 0 Å². The van der Waals surface area contributed by atoms with Crippen molar-refractivity contribution in [1.82, 2.24) is 0 Å². The van der Waals surface area contributed by atoms with Crippen molar-refractivity contribution in [2.24, 2.45) is 0 Å². The van der Waals surface area contributed by atoms with E-state index in [9.17, 15) is 22.4 Å². The van der Waals surface area contributed by atoms with Gasteiger partial charge in [0.05, 0.1) is 5.56 Å². The summed E-state index contributed by atoms with van der Waals surface area (Å²) < 4.78 is 52.5. The van der Waals surface area contributed by atoms with Crippen LogP contribution < -0.4 is 5.32 Å². The Labute approximate surface area is 122 Å². The van der Waals surface area contributed by atoms with Gasteiger partial charge in [-0.3, -0.25) is 4.79 Å². The normalized spacial score (nSPS) is 10.5. The standard InChI is InChI=1S/C14H9F4NOS/c1-21-8-4-2-3-7(5-8)19-14(20)9-6-10(15)12(17)13(18)11(9)16/h2-6H,1H3,(H,19,20). The van der Waals surface area contributed by atoms with Gasteiger partial charge in [0.25, 0.3) is 5.91 Å². The summed E-state index contributed by atoms with van der Waals surface area (Å²) in [5.74, 6) is -8.39. The van der Waals surface area contributed by atoms with Crippen molar-refractivity contribution in [2.45, 2.75) is 4.90 Å². The van der Waals surface area contributed by atoms with Crippen molar-refractivity contribution in [3.05, 3.63) is 59.2 Å². The third kappa shape index (κ3) is 3.18. The number of benzene rings is 2. The lowest BCUT2D eigenvalue weighted by Crippen LogP contribution is -2.16. The molecule has 2 aromatic carbocycles. The number of amides is 1. The molecule has 0 heterocycles. The zero-order chi connectivity index (χ0) is 15.6. The Hall–Kier alpha value is -2.02. The van der Waals surface area contributed by atoms with Crippen LogP contribution in [0.4, 0.5) is 23.2 Å². The molecule has 1 amide bonds. The number of hydrogen-bond donors (Lipinski definition) is 1. The Morgan fingerprint density at radius 1 is 1.05 bits per heavy atom. The van der Waals surface area contributed by atoms with Gasteiger partial charge in [0, 0.05) is 10.6 Å². The van der Waals surface area contributed by atoms with Crippen LogP contribution in [-0.4, -0.2) is 12.2 Å². The predicted octanol–water partition coefficient (Wildman–Crippen LogP) is 4.22. The van der Waals surface area contributed by atoms with Crippen molar-refractivity contribution in [1.29, 1.82) is 0 Å². The molecular formula is C14H9F4NOS. The largest absolute Gasteiger partial charge is 0.322 e. The predicted molar refractivity (Wildman–Crippen MR) is 72.5 cm³/mol.